The average Bonchev–Trinajstić information content (AvgIpc) is 2.75. The molecule has 3 heterocycles. The molecule has 2 fully saturated rings. The normalized spacial score (nSPS) is 21.0. The highest BCUT2D eigenvalue weighted by molar-refractivity contribution is 5.92. The molecular weight excluding hydrogens is 359 g/mol. The zero-order valence-corrected chi connectivity index (χ0v) is 15.8. The minimum absolute atomic E-state index is 0.0621. The number of halogens is 1. The van der Waals surface area contributed by atoms with Gasteiger partial charge in [0.05, 0.1) is 6.20 Å². The Kier molecular flexibility index (Phi) is 5.43. The zero-order chi connectivity index (χ0) is 19.5. The molecule has 0 aliphatic carbocycles. The number of carbonyl (C=O) groups is 1. The molecule has 0 spiro atoms. The van der Waals surface area contributed by atoms with Crippen LogP contribution in [0.4, 0.5) is 10.1 Å². The fraction of sp³-hybridized carbons (Fsp3) is 0.429. The number of aromatic nitrogens is 1. The molecule has 148 valence electrons. The van der Waals surface area contributed by atoms with Gasteiger partial charge in [0.25, 0.3) is 5.91 Å². The molecule has 2 saturated heterocycles. The Morgan fingerprint density at radius 3 is 2.46 bits per heavy atom. The van der Waals surface area contributed by atoms with Gasteiger partial charge in [0.1, 0.15) is 17.3 Å². The van der Waals surface area contributed by atoms with Crippen LogP contribution in [-0.4, -0.2) is 71.1 Å². The van der Waals surface area contributed by atoms with Gasteiger partial charge in [0.2, 0.25) is 0 Å². The molecule has 28 heavy (non-hydrogen) atoms. The number of hydrogen-bond acceptors (Lipinski definition) is 5. The van der Waals surface area contributed by atoms with Crippen LogP contribution in [0, 0.1) is 5.82 Å². The molecule has 0 unspecified atom stereocenters. The summed E-state index contributed by atoms with van der Waals surface area (Å²) >= 11 is 0. The summed E-state index contributed by atoms with van der Waals surface area (Å²) in [4.78, 5) is 23.4. The number of nitrogens with zero attached hydrogens (tertiary/aromatic N) is 4. The topological polar surface area (TPSA) is 59.9 Å². The lowest BCUT2D eigenvalue weighted by Crippen LogP contribution is -2.56. The number of hydrogen-bond donors (Lipinski definition) is 1. The zero-order valence-electron chi connectivity index (χ0n) is 15.8. The Morgan fingerprint density at radius 2 is 1.79 bits per heavy atom. The maximum Gasteiger partial charge on any atom is 0.272 e. The number of anilines is 1. The molecule has 0 saturated carbocycles. The number of pyridine rings is 1. The fourth-order valence-corrected chi connectivity index (χ4v) is 4.11. The lowest BCUT2D eigenvalue weighted by molar-refractivity contribution is 0.0558. The molecule has 1 aromatic carbocycles. The molecule has 7 heteroatoms. The van der Waals surface area contributed by atoms with Gasteiger partial charge in [-0.05, 0) is 49.2 Å². The van der Waals surface area contributed by atoms with Crippen molar-refractivity contribution in [2.24, 2.45) is 0 Å². The quantitative estimate of drug-likeness (QED) is 0.880. The summed E-state index contributed by atoms with van der Waals surface area (Å²) in [6.07, 6.45) is 3.37. The lowest BCUT2D eigenvalue weighted by atomic mass is 10.0. The Bertz CT molecular complexity index is 804. The minimum Gasteiger partial charge on any atom is -0.506 e. The average molecular weight is 384 g/mol. The minimum atomic E-state index is -0.211. The first-order valence-corrected chi connectivity index (χ1v) is 9.79. The Morgan fingerprint density at radius 1 is 1.04 bits per heavy atom. The Labute approximate surface area is 164 Å². The fourth-order valence-electron chi connectivity index (χ4n) is 4.11. The maximum absolute atomic E-state index is 13.1. The number of amides is 1. The standard InChI is InChI=1S/C21H25FN4O2/c22-16-3-5-17(6-4-16)24-10-12-25(13-11-24)18-2-1-9-26(15-18)21(28)20-8-7-19(27)14-23-20/h3-8,14,18,27H,1-2,9-13,15H2/t18-/m1/s1. The van der Waals surface area contributed by atoms with Crippen LogP contribution in [0.15, 0.2) is 42.6 Å². The molecule has 2 aromatic rings. The third-order valence-electron chi connectivity index (χ3n) is 5.67. The first-order chi connectivity index (χ1) is 13.6. The van der Waals surface area contributed by atoms with Gasteiger partial charge in [0, 0.05) is 51.0 Å². The maximum atomic E-state index is 13.1. The van der Waals surface area contributed by atoms with E-state index < -0.39 is 0 Å². The van der Waals surface area contributed by atoms with Crippen LogP contribution in [0.3, 0.4) is 0 Å². The number of piperidine rings is 1. The summed E-state index contributed by atoms with van der Waals surface area (Å²) in [6, 6.07) is 10.1. The number of aromatic hydroxyl groups is 1. The molecule has 2 aliphatic rings. The van der Waals surface area contributed by atoms with E-state index in [1.54, 1.807) is 6.07 Å². The van der Waals surface area contributed by atoms with Gasteiger partial charge in [-0.2, -0.15) is 0 Å². The van der Waals surface area contributed by atoms with Gasteiger partial charge in [-0.3, -0.25) is 9.69 Å². The van der Waals surface area contributed by atoms with Crippen molar-refractivity contribution in [3.8, 4) is 5.75 Å². The van der Waals surface area contributed by atoms with Crippen LogP contribution in [-0.2, 0) is 0 Å². The summed E-state index contributed by atoms with van der Waals surface area (Å²) in [7, 11) is 0. The number of rotatable bonds is 3. The third kappa shape index (κ3) is 4.09. The smallest absolute Gasteiger partial charge is 0.272 e. The van der Waals surface area contributed by atoms with E-state index in [-0.39, 0.29) is 17.5 Å². The van der Waals surface area contributed by atoms with E-state index in [0.717, 1.165) is 51.3 Å². The van der Waals surface area contributed by atoms with E-state index in [0.29, 0.717) is 18.3 Å². The van der Waals surface area contributed by atoms with Crippen LogP contribution >= 0.6 is 0 Å². The molecule has 4 rings (SSSR count). The second-order valence-electron chi connectivity index (χ2n) is 7.45. The number of piperazine rings is 1. The molecule has 0 bridgehead atoms. The van der Waals surface area contributed by atoms with Crippen molar-refractivity contribution in [1.82, 2.24) is 14.8 Å². The van der Waals surface area contributed by atoms with Crippen LogP contribution in [0.1, 0.15) is 23.3 Å². The highest BCUT2D eigenvalue weighted by atomic mass is 19.1. The van der Waals surface area contributed by atoms with Crippen LogP contribution < -0.4 is 4.90 Å². The van der Waals surface area contributed by atoms with Gasteiger partial charge < -0.3 is 14.9 Å². The van der Waals surface area contributed by atoms with Crippen LogP contribution in [0.25, 0.3) is 0 Å². The summed E-state index contributed by atoms with van der Waals surface area (Å²) in [5.41, 5.74) is 1.43. The number of benzene rings is 1. The molecule has 1 atom stereocenters. The molecule has 1 amide bonds. The van der Waals surface area contributed by atoms with E-state index in [2.05, 4.69) is 14.8 Å². The SMILES string of the molecule is O=C(c1ccc(O)cn1)N1CCC[C@@H](N2CCN(c3ccc(F)cc3)CC2)C1. The largest absolute Gasteiger partial charge is 0.506 e. The monoisotopic (exact) mass is 384 g/mol. The first-order valence-electron chi connectivity index (χ1n) is 9.79. The predicted octanol–water partition coefficient (Wildman–Crippen LogP) is 2.35. The van der Waals surface area contributed by atoms with E-state index >= 15 is 0 Å². The van der Waals surface area contributed by atoms with E-state index in [4.69, 9.17) is 0 Å². The van der Waals surface area contributed by atoms with Gasteiger partial charge in [-0.1, -0.05) is 0 Å². The van der Waals surface area contributed by atoms with Gasteiger partial charge in [0.15, 0.2) is 0 Å². The van der Waals surface area contributed by atoms with Crippen molar-refractivity contribution in [3.63, 3.8) is 0 Å². The van der Waals surface area contributed by atoms with Gasteiger partial charge in [-0.25, -0.2) is 9.37 Å². The second kappa shape index (κ2) is 8.14. The van der Waals surface area contributed by atoms with Crippen molar-refractivity contribution < 1.29 is 14.3 Å². The van der Waals surface area contributed by atoms with E-state index in [1.807, 2.05) is 17.0 Å². The molecule has 1 N–H and O–H groups in total. The van der Waals surface area contributed by atoms with Crippen LogP contribution in [0.5, 0.6) is 5.75 Å². The Hall–Kier alpha value is -2.67. The van der Waals surface area contributed by atoms with Gasteiger partial charge >= 0.3 is 0 Å². The lowest BCUT2D eigenvalue weighted by Gasteiger charge is -2.43. The molecule has 2 aliphatic heterocycles. The summed E-state index contributed by atoms with van der Waals surface area (Å²) in [5.74, 6) is -0.223. The third-order valence-corrected chi connectivity index (χ3v) is 5.67. The first kappa shape index (κ1) is 18.7. The van der Waals surface area contributed by atoms with Gasteiger partial charge in [-0.15, -0.1) is 0 Å². The molecular formula is C21H25FN4O2. The highest BCUT2D eigenvalue weighted by Gasteiger charge is 2.30. The van der Waals surface area contributed by atoms with Crippen molar-refractivity contribution in [2.45, 2.75) is 18.9 Å². The molecule has 1 aromatic heterocycles. The van der Waals surface area contributed by atoms with Crippen molar-refractivity contribution >= 4 is 11.6 Å². The van der Waals surface area contributed by atoms with Crippen LogP contribution in [0.2, 0.25) is 0 Å². The predicted molar refractivity (Wildman–Crippen MR) is 105 cm³/mol. The molecule has 6 nitrogen and oxygen atoms in total. The summed E-state index contributed by atoms with van der Waals surface area (Å²) in [6.45, 7) is 5.11. The number of likely N-dealkylation sites (tertiary alicyclic amines) is 1. The summed E-state index contributed by atoms with van der Waals surface area (Å²) < 4.78 is 13.1. The summed E-state index contributed by atoms with van der Waals surface area (Å²) in [5, 5.41) is 9.36. The second-order valence-corrected chi connectivity index (χ2v) is 7.45. The molecule has 0 radical (unpaired) electrons. The van der Waals surface area contributed by atoms with E-state index in [1.165, 1.54) is 24.4 Å². The number of carbonyl (C=O) groups excluding carboxylic acids is 1. The van der Waals surface area contributed by atoms with Crippen molar-refractivity contribution in [2.75, 3.05) is 44.2 Å². The Balaban J connectivity index is 1.34. The highest BCUT2D eigenvalue weighted by Crippen LogP contribution is 2.22. The van der Waals surface area contributed by atoms with E-state index in [9.17, 15) is 14.3 Å². The van der Waals surface area contributed by atoms with Crippen molar-refractivity contribution in [1.29, 1.82) is 0 Å². The van der Waals surface area contributed by atoms with Crippen molar-refractivity contribution in [3.05, 3.63) is 54.1 Å².